The molecule has 0 aliphatic rings. The van der Waals surface area contributed by atoms with E-state index in [1.165, 1.54) is 321 Å². The van der Waals surface area contributed by atoms with Crippen LogP contribution in [0.25, 0.3) is 0 Å². The second-order valence-corrected chi connectivity index (χ2v) is 23.9. The molecule has 2 atom stereocenters. The lowest BCUT2D eigenvalue weighted by molar-refractivity contribution is -0.143. The molecule has 6 heteroatoms. The number of aliphatic hydroxyl groups is 2. The number of ether oxygens (including phenoxy) is 1. The topological polar surface area (TPSA) is 95.9 Å². The predicted octanol–water partition coefficient (Wildman–Crippen LogP) is 22.1. The summed E-state index contributed by atoms with van der Waals surface area (Å²) in [7, 11) is 0. The molecule has 0 saturated carbocycles. The van der Waals surface area contributed by atoms with Gasteiger partial charge in [-0.05, 0) is 57.8 Å². The summed E-state index contributed by atoms with van der Waals surface area (Å²) < 4.78 is 5.49. The number of allylic oxidation sites excluding steroid dienone is 3. The summed E-state index contributed by atoms with van der Waals surface area (Å²) in [6, 6.07) is -0.627. The minimum atomic E-state index is -0.843. The van der Waals surface area contributed by atoms with Crippen molar-refractivity contribution in [1.82, 2.24) is 5.32 Å². The molecule has 1 amide bonds. The SMILES string of the molecule is CCCCCCCCCCCCCCCC/C=C/C(O)C(CO)NC(=O)CCCCCCCCCCCCCCC/C=C\CCCCCCCCCCCCCCOC(=O)CCCCCCCCCCCCCCCC. The maximum atomic E-state index is 12.5. The summed E-state index contributed by atoms with van der Waals surface area (Å²) in [6.07, 6.45) is 82.5. The van der Waals surface area contributed by atoms with E-state index < -0.39 is 12.1 Å². The Morgan fingerprint density at radius 1 is 0.355 bits per heavy atom. The van der Waals surface area contributed by atoms with E-state index in [0.29, 0.717) is 19.4 Å². The highest BCUT2D eigenvalue weighted by Gasteiger charge is 2.18. The highest BCUT2D eigenvalue weighted by molar-refractivity contribution is 5.76. The van der Waals surface area contributed by atoms with Gasteiger partial charge in [0.2, 0.25) is 5.91 Å². The van der Waals surface area contributed by atoms with Crippen molar-refractivity contribution in [3.63, 3.8) is 0 Å². The van der Waals surface area contributed by atoms with Gasteiger partial charge in [-0.3, -0.25) is 9.59 Å². The lowest BCUT2D eigenvalue weighted by atomic mass is 10.0. The standard InChI is InChI=1S/C70H135NO5/c1-3-5-7-9-11-13-15-17-19-35-38-42-46-50-54-58-62-68(73)67(66-72)71-69(74)63-59-55-51-47-43-39-36-33-31-29-27-25-23-21-20-22-24-26-28-30-32-34-37-41-45-49-53-57-61-65-76-70(75)64-60-56-52-48-44-40-18-16-14-12-10-8-6-4-2/h20,22,58,62,67-68,72-73H,3-19,21,23-57,59-61,63-66H2,1-2H3,(H,71,74)/b22-20-,62-58+. The van der Waals surface area contributed by atoms with Gasteiger partial charge in [0.05, 0.1) is 25.4 Å². The third kappa shape index (κ3) is 61.6. The summed E-state index contributed by atoms with van der Waals surface area (Å²) >= 11 is 0. The molecule has 0 aromatic rings. The van der Waals surface area contributed by atoms with E-state index in [-0.39, 0.29) is 18.5 Å². The molecule has 0 aliphatic carbocycles. The first-order chi connectivity index (χ1) is 37.5. The van der Waals surface area contributed by atoms with Crippen LogP contribution >= 0.6 is 0 Å². The first-order valence-corrected chi connectivity index (χ1v) is 34.6. The maximum Gasteiger partial charge on any atom is 0.305 e. The van der Waals surface area contributed by atoms with Crippen LogP contribution in [0.2, 0.25) is 0 Å². The summed E-state index contributed by atoms with van der Waals surface area (Å²) in [4.78, 5) is 24.5. The fraction of sp³-hybridized carbons (Fsp3) is 0.914. The molecule has 0 rings (SSSR count). The Hall–Kier alpha value is -1.66. The third-order valence-electron chi connectivity index (χ3n) is 16.2. The molecule has 76 heavy (non-hydrogen) atoms. The van der Waals surface area contributed by atoms with Gasteiger partial charge in [0.1, 0.15) is 0 Å². The number of rotatable bonds is 65. The molecule has 450 valence electrons. The summed E-state index contributed by atoms with van der Waals surface area (Å²) in [5.41, 5.74) is 0. The van der Waals surface area contributed by atoms with Crippen molar-refractivity contribution in [1.29, 1.82) is 0 Å². The number of carbonyl (C=O) groups is 2. The van der Waals surface area contributed by atoms with E-state index in [1.807, 2.05) is 6.08 Å². The minimum absolute atomic E-state index is 0.0190. The fourth-order valence-electron chi connectivity index (χ4n) is 10.9. The normalized spacial score (nSPS) is 12.6. The van der Waals surface area contributed by atoms with Crippen molar-refractivity contribution in [3.05, 3.63) is 24.3 Å². The molecule has 0 aliphatic heterocycles. The molecule has 2 unspecified atom stereocenters. The van der Waals surface area contributed by atoms with E-state index in [4.69, 9.17) is 4.74 Å². The van der Waals surface area contributed by atoms with Crippen LogP contribution in [0, 0.1) is 0 Å². The van der Waals surface area contributed by atoms with Gasteiger partial charge >= 0.3 is 5.97 Å². The molecule has 0 bridgehead atoms. The Bertz CT molecular complexity index is 1190. The zero-order valence-corrected chi connectivity index (χ0v) is 51.5. The Morgan fingerprint density at radius 2 is 0.618 bits per heavy atom. The number of hydrogen-bond donors (Lipinski definition) is 3. The lowest BCUT2D eigenvalue weighted by Crippen LogP contribution is -2.45. The fourth-order valence-corrected chi connectivity index (χ4v) is 10.9. The Balaban J connectivity index is 3.38. The van der Waals surface area contributed by atoms with Gasteiger partial charge in [-0.15, -0.1) is 0 Å². The van der Waals surface area contributed by atoms with Crippen LogP contribution in [-0.2, 0) is 14.3 Å². The van der Waals surface area contributed by atoms with E-state index in [9.17, 15) is 19.8 Å². The van der Waals surface area contributed by atoms with Gasteiger partial charge in [0, 0.05) is 12.8 Å². The van der Waals surface area contributed by atoms with E-state index in [1.54, 1.807) is 6.08 Å². The van der Waals surface area contributed by atoms with Crippen LogP contribution in [0.4, 0.5) is 0 Å². The zero-order valence-electron chi connectivity index (χ0n) is 51.5. The zero-order chi connectivity index (χ0) is 55.0. The molecular weight excluding hydrogens is 935 g/mol. The predicted molar refractivity (Wildman–Crippen MR) is 333 cm³/mol. The van der Waals surface area contributed by atoms with E-state index in [0.717, 1.165) is 38.5 Å². The molecule has 6 nitrogen and oxygen atoms in total. The quantitative estimate of drug-likeness (QED) is 0.0320. The van der Waals surface area contributed by atoms with E-state index >= 15 is 0 Å². The van der Waals surface area contributed by atoms with Gasteiger partial charge < -0.3 is 20.3 Å². The van der Waals surface area contributed by atoms with Gasteiger partial charge in [0.15, 0.2) is 0 Å². The molecule has 0 spiro atoms. The number of hydrogen-bond acceptors (Lipinski definition) is 5. The Kier molecular flexibility index (Phi) is 64.4. The molecular formula is C70H135NO5. The average Bonchev–Trinajstić information content (AvgIpc) is 3.42. The van der Waals surface area contributed by atoms with Crippen LogP contribution < -0.4 is 5.32 Å². The molecule has 0 aromatic heterocycles. The summed E-state index contributed by atoms with van der Waals surface area (Å²) in [6.45, 7) is 4.94. The highest BCUT2D eigenvalue weighted by atomic mass is 16.5. The van der Waals surface area contributed by atoms with Gasteiger partial charge in [-0.2, -0.15) is 0 Å². The molecule has 0 aromatic carbocycles. The Labute approximate surface area is 475 Å². The van der Waals surface area contributed by atoms with Crippen LogP contribution in [0.1, 0.15) is 386 Å². The third-order valence-corrected chi connectivity index (χ3v) is 16.2. The van der Waals surface area contributed by atoms with Gasteiger partial charge in [-0.1, -0.05) is 340 Å². The van der Waals surface area contributed by atoms with Crippen molar-refractivity contribution in [2.45, 2.75) is 398 Å². The summed E-state index contributed by atoms with van der Waals surface area (Å²) in [5.74, 6) is -0.0454. The molecule has 3 N–H and O–H groups in total. The van der Waals surface area contributed by atoms with Crippen LogP contribution in [0.15, 0.2) is 24.3 Å². The van der Waals surface area contributed by atoms with Crippen molar-refractivity contribution >= 4 is 11.9 Å². The second kappa shape index (κ2) is 65.9. The van der Waals surface area contributed by atoms with Crippen LogP contribution in [0.3, 0.4) is 0 Å². The average molecular weight is 1070 g/mol. The second-order valence-electron chi connectivity index (χ2n) is 23.9. The minimum Gasteiger partial charge on any atom is -0.466 e. The first kappa shape index (κ1) is 74.3. The number of nitrogens with one attached hydrogen (secondary N) is 1. The number of amides is 1. The van der Waals surface area contributed by atoms with Crippen molar-refractivity contribution in [3.8, 4) is 0 Å². The number of aliphatic hydroxyl groups excluding tert-OH is 2. The smallest absolute Gasteiger partial charge is 0.305 e. The summed E-state index contributed by atoms with van der Waals surface area (Å²) in [5, 5.41) is 23.2. The molecule has 0 radical (unpaired) electrons. The monoisotopic (exact) mass is 1070 g/mol. The van der Waals surface area contributed by atoms with Crippen molar-refractivity contribution in [2.24, 2.45) is 0 Å². The van der Waals surface area contributed by atoms with Crippen molar-refractivity contribution < 1.29 is 24.5 Å². The number of unbranched alkanes of at least 4 members (excludes halogenated alkanes) is 52. The molecule has 0 heterocycles. The Morgan fingerprint density at radius 3 is 0.934 bits per heavy atom. The lowest BCUT2D eigenvalue weighted by Gasteiger charge is -2.20. The first-order valence-electron chi connectivity index (χ1n) is 34.6. The van der Waals surface area contributed by atoms with Crippen LogP contribution in [-0.4, -0.2) is 47.4 Å². The van der Waals surface area contributed by atoms with Gasteiger partial charge in [0.25, 0.3) is 0 Å². The number of carbonyl (C=O) groups excluding carboxylic acids is 2. The highest BCUT2D eigenvalue weighted by Crippen LogP contribution is 2.18. The van der Waals surface area contributed by atoms with Crippen molar-refractivity contribution in [2.75, 3.05) is 13.2 Å². The molecule has 0 fully saturated rings. The molecule has 0 saturated heterocycles. The van der Waals surface area contributed by atoms with Gasteiger partial charge in [-0.25, -0.2) is 0 Å². The maximum absolute atomic E-state index is 12.5. The largest absolute Gasteiger partial charge is 0.466 e. The van der Waals surface area contributed by atoms with Crippen LogP contribution in [0.5, 0.6) is 0 Å². The number of esters is 1. The van der Waals surface area contributed by atoms with E-state index in [2.05, 4.69) is 31.3 Å².